The van der Waals surface area contributed by atoms with Crippen LogP contribution in [0.4, 0.5) is 0 Å². The van der Waals surface area contributed by atoms with Crippen molar-refractivity contribution in [2.75, 3.05) is 6.61 Å². The van der Waals surface area contributed by atoms with Gasteiger partial charge in [0.1, 0.15) is 5.92 Å². The molecule has 0 heterocycles. The van der Waals surface area contributed by atoms with Crippen LogP contribution in [0.15, 0.2) is 48.5 Å². The van der Waals surface area contributed by atoms with Gasteiger partial charge in [-0.1, -0.05) is 68.3 Å². The molecule has 2 aromatic carbocycles. The van der Waals surface area contributed by atoms with Crippen molar-refractivity contribution in [2.45, 2.75) is 32.1 Å². The van der Waals surface area contributed by atoms with Gasteiger partial charge < -0.3 is 4.74 Å². The lowest BCUT2D eigenvalue weighted by Gasteiger charge is -2.13. The SMILES string of the molecule is CCCCCOC(=O)C1c2ccccc2-c2ccccc21. The Bertz CT molecular complexity index is 600. The van der Waals surface area contributed by atoms with Gasteiger partial charge in [-0.25, -0.2) is 0 Å². The van der Waals surface area contributed by atoms with E-state index in [1.165, 1.54) is 0 Å². The van der Waals surface area contributed by atoms with E-state index in [2.05, 4.69) is 19.1 Å². The highest BCUT2D eigenvalue weighted by atomic mass is 16.5. The largest absolute Gasteiger partial charge is 0.465 e. The first kappa shape index (κ1) is 13.9. The summed E-state index contributed by atoms with van der Waals surface area (Å²) in [5.41, 5.74) is 4.45. The van der Waals surface area contributed by atoms with Crippen molar-refractivity contribution < 1.29 is 9.53 Å². The van der Waals surface area contributed by atoms with E-state index in [0.29, 0.717) is 6.61 Å². The van der Waals surface area contributed by atoms with Crippen molar-refractivity contribution in [1.82, 2.24) is 0 Å². The number of ether oxygens (including phenoxy) is 1. The molecular formula is C19H20O2. The summed E-state index contributed by atoms with van der Waals surface area (Å²) >= 11 is 0. The molecule has 0 radical (unpaired) electrons. The zero-order valence-electron chi connectivity index (χ0n) is 12.3. The van der Waals surface area contributed by atoms with E-state index in [0.717, 1.165) is 41.5 Å². The standard InChI is InChI=1S/C19H20O2/c1-2-3-8-13-21-19(20)18-16-11-6-4-9-14(16)15-10-5-7-12-17(15)18/h4-7,9-12,18H,2-3,8,13H2,1H3. The van der Waals surface area contributed by atoms with Crippen LogP contribution in [0.5, 0.6) is 0 Å². The smallest absolute Gasteiger partial charge is 0.317 e. The first-order chi connectivity index (χ1) is 10.3. The van der Waals surface area contributed by atoms with Crippen molar-refractivity contribution in [3.8, 4) is 11.1 Å². The molecule has 2 aromatic rings. The Balaban J connectivity index is 1.86. The second-order valence-corrected chi connectivity index (χ2v) is 5.48. The average molecular weight is 280 g/mol. The number of fused-ring (bicyclic) bond motifs is 3. The number of hydrogen-bond acceptors (Lipinski definition) is 2. The lowest BCUT2D eigenvalue weighted by Crippen LogP contribution is -2.16. The number of esters is 1. The Morgan fingerprint density at radius 3 is 2.10 bits per heavy atom. The zero-order chi connectivity index (χ0) is 14.7. The summed E-state index contributed by atoms with van der Waals surface area (Å²) in [4.78, 5) is 12.5. The molecule has 0 spiro atoms. The van der Waals surface area contributed by atoms with Gasteiger partial charge in [-0.05, 0) is 28.7 Å². The van der Waals surface area contributed by atoms with Crippen molar-refractivity contribution in [3.05, 3.63) is 59.7 Å². The molecule has 0 aromatic heterocycles. The molecular weight excluding hydrogens is 260 g/mol. The minimum absolute atomic E-state index is 0.122. The molecule has 3 rings (SSSR count). The van der Waals surface area contributed by atoms with Crippen molar-refractivity contribution in [1.29, 1.82) is 0 Å². The summed E-state index contributed by atoms with van der Waals surface area (Å²) in [5, 5.41) is 0. The van der Waals surface area contributed by atoms with Gasteiger partial charge in [0.25, 0.3) is 0 Å². The van der Waals surface area contributed by atoms with Gasteiger partial charge in [-0.3, -0.25) is 4.79 Å². The molecule has 0 bridgehead atoms. The van der Waals surface area contributed by atoms with Crippen LogP contribution in [-0.4, -0.2) is 12.6 Å². The minimum atomic E-state index is -0.265. The minimum Gasteiger partial charge on any atom is -0.465 e. The third-order valence-electron chi connectivity index (χ3n) is 4.06. The Kier molecular flexibility index (Phi) is 4.05. The summed E-state index contributed by atoms with van der Waals surface area (Å²) in [6.07, 6.45) is 3.18. The van der Waals surface area contributed by atoms with Crippen molar-refractivity contribution in [2.24, 2.45) is 0 Å². The Hall–Kier alpha value is -2.09. The molecule has 0 saturated carbocycles. The number of rotatable bonds is 5. The number of unbranched alkanes of at least 4 members (excludes halogenated alkanes) is 2. The van der Waals surface area contributed by atoms with E-state index >= 15 is 0 Å². The fourth-order valence-electron chi connectivity index (χ4n) is 3.02. The third-order valence-corrected chi connectivity index (χ3v) is 4.06. The molecule has 0 saturated heterocycles. The summed E-state index contributed by atoms with van der Waals surface area (Å²) in [6.45, 7) is 2.67. The van der Waals surface area contributed by atoms with E-state index < -0.39 is 0 Å². The summed E-state index contributed by atoms with van der Waals surface area (Å²) in [7, 11) is 0. The molecule has 1 aliphatic carbocycles. The molecule has 0 amide bonds. The highest BCUT2D eigenvalue weighted by molar-refractivity contribution is 5.93. The summed E-state index contributed by atoms with van der Waals surface area (Å²) in [5.74, 6) is -0.387. The van der Waals surface area contributed by atoms with Crippen LogP contribution < -0.4 is 0 Å². The predicted octanol–water partition coefficient (Wildman–Crippen LogP) is 4.53. The third kappa shape index (κ3) is 2.58. The van der Waals surface area contributed by atoms with Crippen LogP contribution in [0.3, 0.4) is 0 Å². The fraction of sp³-hybridized carbons (Fsp3) is 0.316. The number of carbonyl (C=O) groups is 1. The van der Waals surface area contributed by atoms with Crippen LogP contribution in [0.2, 0.25) is 0 Å². The van der Waals surface area contributed by atoms with Gasteiger partial charge in [0.15, 0.2) is 0 Å². The molecule has 0 atom stereocenters. The van der Waals surface area contributed by atoms with Gasteiger partial charge >= 0.3 is 5.97 Å². The van der Waals surface area contributed by atoms with Crippen LogP contribution >= 0.6 is 0 Å². The maximum atomic E-state index is 12.5. The predicted molar refractivity (Wildman–Crippen MR) is 84.2 cm³/mol. The van der Waals surface area contributed by atoms with E-state index in [-0.39, 0.29) is 11.9 Å². The molecule has 2 nitrogen and oxygen atoms in total. The number of hydrogen-bond donors (Lipinski definition) is 0. The molecule has 108 valence electrons. The van der Waals surface area contributed by atoms with E-state index in [4.69, 9.17) is 4.74 Å². The molecule has 0 N–H and O–H groups in total. The van der Waals surface area contributed by atoms with Crippen molar-refractivity contribution in [3.63, 3.8) is 0 Å². The maximum absolute atomic E-state index is 12.5. The molecule has 0 aliphatic heterocycles. The summed E-state index contributed by atoms with van der Waals surface area (Å²) in [6, 6.07) is 16.2. The van der Waals surface area contributed by atoms with Crippen molar-refractivity contribution >= 4 is 5.97 Å². The molecule has 2 heteroatoms. The molecule has 0 unspecified atom stereocenters. The van der Waals surface area contributed by atoms with E-state index in [9.17, 15) is 4.79 Å². The van der Waals surface area contributed by atoms with Gasteiger partial charge in [-0.2, -0.15) is 0 Å². The maximum Gasteiger partial charge on any atom is 0.317 e. The Morgan fingerprint density at radius 1 is 0.952 bits per heavy atom. The normalized spacial score (nSPS) is 12.8. The Labute approximate surface area is 125 Å². The fourth-order valence-corrected chi connectivity index (χ4v) is 3.02. The average Bonchev–Trinajstić information content (AvgIpc) is 2.86. The first-order valence-corrected chi connectivity index (χ1v) is 7.67. The quantitative estimate of drug-likeness (QED) is 0.594. The van der Waals surface area contributed by atoms with Gasteiger partial charge in [0.05, 0.1) is 6.61 Å². The molecule has 21 heavy (non-hydrogen) atoms. The van der Waals surface area contributed by atoms with Crippen LogP contribution in [0.25, 0.3) is 11.1 Å². The van der Waals surface area contributed by atoms with Crippen LogP contribution in [-0.2, 0) is 9.53 Å². The lowest BCUT2D eigenvalue weighted by molar-refractivity contribution is -0.144. The summed E-state index contributed by atoms with van der Waals surface area (Å²) < 4.78 is 5.50. The highest BCUT2D eigenvalue weighted by Crippen LogP contribution is 2.44. The molecule has 0 fully saturated rings. The molecule has 1 aliphatic rings. The Morgan fingerprint density at radius 2 is 1.52 bits per heavy atom. The number of carbonyl (C=O) groups excluding carboxylic acids is 1. The van der Waals surface area contributed by atoms with E-state index in [1.54, 1.807) is 0 Å². The second kappa shape index (κ2) is 6.13. The number of benzene rings is 2. The van der Waals surface area contributed by atoms with Gasteiger partial charge in [-0.15, -0.1) is 0 Å². The van der Waals surface area contributed by atoms with Gasteiger partial charge in [0.2, 0.25) is 0 Å². The topological polar surface area (TPSA) is 26.3 Å². The highest BCUT2D eigenvalue weighted by Gasteiger charge is 2.34. The van der Waals surface area contributed by atoms with Gasteiger partial charge in [0, 0.05) is 0 Å². The second-order valence-electron chi connectivity index (χ2n) is 5.48. The monoisotopic (exact) mass is 280 g/mol. The van der Waals surface area contributed by atoms with E-state index in [1.807, 2.05) is 36.4 Å². The lowest BCUT2D eigenvalue weighted by atomic mass is 9.97. The van der Waals surface area contributed by atoms with Crippen LogP contribution in [0.1, 0.15) is 43.2 Å². The zero-order valence-corrected chi connectivity index (χ0v) is 12.3. The first-order valence-electron chi connectivity index (χ1n) is 7.67. The van der Waals surface area contributed by atoms with Crippen LogP contribution in [0, 0.1) is 0 Å².